The number of H-pyrrole nitrogens is 1. The molecule has 5 heteroatoms. The van der Waals surface area contributed by atoms with Gasteiger partial charge in [-0.3, -0.25) is 9.67 Å². The molecule has 1 N–H and O–H groups in total. The van der Waals surface area contributed by atoms with Crippen molar-refractivity contribution in [3.05, 3.63) is 40.9 Å². The lowest BCUT2D eigenvalue weighted by Gasteiger charge is -2.08. The number of nitrogens with one attached hydrogen (secondary N) is 1. The Balaban J connectivity index is 2.52. The fraction of sp³-hybridized carbons (Fsp3) is 0.200. The van der Waals surface area contributed by atoms with Crippen LogP contribution in [0.5, 0.6) is 0 Å². The predicted molar refractivity (Wildman–Crippen MR) is 59.5 cm³/mol. The average molecular weight is 221 g/mol. The molecule has 0 fully saturated rings. The molecule has 1 aromatic heterocycles. The van der Waals surface area contributed by atoms with E-state index in [-0.39, 0.29) is 0 Å². The molecule has 1 aromatic carbocycles. The van der Waals surface area contributed by atoms with Crippen LogP contribution in [-0.2, 0) is 11.3 Å². The Morgan fingerprint density at radius 1 is 1.47 bits per heavy atom. The molecule has 2 rings (SSSR count). The molecule has 0 saturated heterocycles. The standard InChI is InChI=1S/C10H11N3OS/c1-14-6-8-4-2-3-5-9(8)13-7-11-12-10(13)15/h2-5,7H,6H2,1H3,(H,12,15). The Bertz CT molecular complexity index is 503. The minimum atomic E-state index is 0.559. The highest BCUT2D eigenvalue weighted by molar-refractivity contribution is 7.71. The van der Waals surface area contributed by atoms with E-state index < -0.39 is 0 Å². The zero-order valence-corrected chi connectivity index (χ0v) is 9.12. The van der Waals surface area contributed by atoms with Gasteiger partial charge in [0, 0.05) is 12.7 Å². The lowest BCUT2D eigenvalue weighted by atomic mass is 10.2. The van der Waals surface area contributed by atoms with Gasteiger partial charge in [-0.1, -0.05) is 18.2 Å². The topological polar surface area (TPSA) is 42.8 Å². The summed E-state index contributed by atoms with van der Waals surface area (Å²) >= 11 is 5.12. The SMILES string of the molecule is COCc1ccccc1-n1cn[nH]c1=S. The second-order valence-electron chi connectivity index (χ2n) is 3.09. The summed E-state index contributed by atoms with van der Waals surface area (Å²) in [6.07, 6.45) is 1.66. The number of methoxy groups -OCH3 is 1. The smallest absolute Gasteiger partial charge is 0.199 e. The first-order chi connectivity index (χ1) is 7.33. The Kier molecular flexibility index (Phi) is 2.94. The molecule has 0 spiro atoms. The van der Waals surface area contributed by atoms with Crippen molar-refractivity contribution in [2.45, 2.75) is 6.61 Å². The maximum Gasteiger partial charge on any atom is 0.199 e. The molecule has 0 unspecified atom stereocenters. The van der Waals surface area contributed by atoms with Crippen molar-refractivity contribution in [2.75, 3.05) is 7.11 Å². The van der Waals surface area contributed by atoms with Crippen molar-refractivity contribution in [1.82, 2.24) is 14.8 Å². The van der Waals surface area contributed by atoms with Crippen LogP contribution < -0.4 is 0 Å². The molecule has 0 aliphatic rings. The summed E-state index contributed by atoms with van der Waals surface area (Å²) in [6.45, 7) is 0.559. The summed E-state index contributed by atoms with van der Waals surface area (Å²) in [4.78, 5) is 0. The molecule has 0 bridgehead atoms. The third-order valence-electron chi connectivity index (χ3n) is 2.10. The molecule has 0 aliphatic heterocycles. The number of benzene rings is 1. The highest BCUT2D eigenvalue weighted by atomic mass is 32.1. The van der Waals surface area contributed by atoms with Crippen LogP contribution in [0.2, 0.25) is 0 Å². The summed E-state index contributed by atoms with van der Waals surface area (Å²) in [5.41, 5.74) is 2.08. The van der Waals surface area contributed by atoms with E-state index in [0.717, 1.165) is 11.3 Å². The summed E-state index contributed by atoms with van der Waals surface area (Å²) in [7, 11) is 1.67. The van der Waals surface area contributed by atoms with Crippen molar-refractivity contribution in [3.63, 3.8) is 0 Å². The number of ether oxygens (including phenoxy) is 1. The zero-order valence-electron chi connectivity index (χ0n) is 8.30. The van der Waals surface area contributed by atoms with Gasteiger partial charge in [-0.05, 0) is 18.3 Å². The van der Waals surface area contributed by atoms with Crippen molar-refractivity contribution < 1.29 is 4.74 Å². The normalized spacial score (nSPS) is 10.5. The third kappa shape index (κ3) is 1.98. The highest BCUT2D eigenvalue weighted by Crippen LogP contribution is 2.14. The van der Waals surface area contributed by atoms with Crippen molar-refractivity contribution in [1.29, 1.82) is 0 Å². The van der Waals surface area contributed by atoms with Crippen LogP contribution in [-0.4, -0.2) is 21.9 Å². The number of para-hydroxylation sites is 1. The second-order valence-corrected chi connectivity index (χ2v) is 3.48. The Hall–Kier alpha value is -1.46. The molecule has 15 heavy (non-hydrogen) atoms. The average Bonchev–Trinajstić information content (AvgIpc) is 2.66. The first-order valence-electron chi connectivity index (χ1n) is 4.52. The van der Waals surface area contributed by atoms with Crippen molar-refractivity contribution in [3.8, 4) is 5.69 Å². The quantitative estimate of drug-likeness (QED) is 0.807. The molecule has 4 nitrogen and oxygen atoms in total. The Morgan fingerprint density at radius 2 is 2.27 bits per heavy atom. The van der Waals surface area contributed by atoms with Gasteiger partial charge < -0.3 is 4.74 Å². The zero-order chi connectivity index (χ0) is 10.7. The summed E-state index contributed by atoms with van der Waals surface area (Å²) in [5, 5.41) is 6.62. The van der Waals surface area contributed by atoms with E-state index in [4.69, 9.17) is 17.0 Å². The van der Waals surface area contributed by atoms with Crippen LogP contribution >= 0.6 is 12.2 Å². The maximum absolute atomic E-state index is 5.13. The van der Waals surface area contributed by atoms with Crippen LogP contribution in [0.3, 0.4) is 0 Å². The van der Waals surface area contributed by atoms with Gasteiger partial charge >= 0.3 is 0 Å². The molecule has 0 atom stereocenters. The Labute approximate surface area is 92.5 Å². The number of aromatic amines is 1. The van der Waals surface area contributed by atoms with Gasteiger partial charge in [0.05, 0.1) is 12.3 Å². The number of nitrogens with zero attached hydrogens (tertiary/aromatic N) is 2. The van der Waals surface area contributed by atoms with Gasteiger partial charge in [0.25, 0.3) is 0 Å². The van der Waals surface area contributed by atoms with E-state index >= 15 is 0 Å². The first kappa shape index (κ1) is 10.1. The van der Waals surface area contributed by atoms with E-state index in [9.17, 15) is 0 Å². The molecule has 78 valence electrons. The molecule has 1 heterocycles. The van der Waals surface area contributed by atoms with Gasteiger partial charge in [0.15, 0.2) is 4.77 Å². The van der Waals surface area contributed by atoms with Gasteiger partial charge in [0.2, 0.25) is 0 Å². The van der Waals surface area contributed by atoms with Gasteiger partial charge in [-0.2, -0.15) is 5.10 Å². The molecule has 2 aromatic rings. The van der Waals surface area contributed by atoms with E-state index in [2.05, 4.69) is 10.2 Å². The molecular formula is C10H11N3OS. The summed E-state index contributed by atoms with van der Waals surface area (Å²) in [6, 6.07) is 7.93. The van der Waals surface area contributed by atoms with Gasteiger partial charge in [-0.15, -0.1) is 0 Å². The highest BCUT2D eigenvalue weighted by Gasteiger charge is 2.04. The number of hydrogen-bond acceptors (Lipinski definition) is 3. The lowest BCUT2D eigenvalue weighted by molar-refractivity contribution is 0.185. The predicted octanol–water partition coefficient (Wildman–Crippen LogP) is 2.08. The van der Waals surface area contributed by atoms with Gasteiger partial charge in [0.1, 0.15) is 6.33 Å². The van der Waals surface area contributed by atoms with Gasteiger partial charge in [-0.25, -0.2) is 0 Å². The molecular weight excluding hydrogens is 210 g/mol. The van der Waals surface area contributed by atoms with E-state index in [0.29, 0.717) is 11.4 Å². The van der Waals surface area contributed by atoms with Crippen molar-refractivity contribution >= 4 is 12.2 Å². The van der Waals surface area contributed by atoms with Crippen LogP contribution in [0.1, 0.15) is 5.56 Å². The fourth-order valence-corrected chi connectivity index (χ4v) is 1.64. The van der Waals surface area contributed by atoms with Crippen LogP contribution in [0.25, 0.3) is 5.69 Å². The maximum atomic E-state index is 5.13. The lowest BCUT2D eigenvalue weighted by Crippen LogP contribution is -1.99. The molecule has 0 saturated carbocycles. The fourth-order valence-electron chi connectivity index (χ4n) is 1.44. The number of rotatable bonds is 3. The van der Waals surface area contributed by atoms with E-state index in [1.54, 1.807) is 13.4 Å². The minimum absolute atomic E-state index is 0.559. The van der Waals surface area contributed by atoms with Crippen LogP contribution in [0.15, 0.2) is 30.6 Å². The van der Waals surface area contributed by atoms with E-state index in [1.165, 1.54) is 0 Å². The van der Waals surface area contributed by atoms with Crippen LogP contribution in [0, 0.1) is 4.77 Å². The first-order valence-corrected chi connectivity index (χ1v) is 4.93. The molecule has 0 amide bonds. The second kappa shape index (κ2) is 4.37. The number of hydrogen-bond donors (Lipinski definition) is 1. The minimum Gasteiger partial charge on any atom is -0.380 e. The molecule has 0 aliphatic carbocycles. The number of aromatic nitrogens is 3. The summed E-state index contributed by atoms with van der Waals surface area (Å²) in [5.74, 6) is 0. The van der Waals surface area contributed by atoms with Crippen LogP contribution in [0.4, 0.5) is 0 Å². The summed E-state index contributed by atoms with van der Waals surface area (Å²) < 4.78 is 7.53. The molecule has 0 radical (unpaired) electrons. The Morgan fingerprint density at radius 3 is 2.93 bits per heavy atom. The largest absolute Gasteiger partial charge is 0.380 e. The van der Waals surface area contributed by atoms with Crippen molar-refractivity contribution in [2.24, 2.45) is 0 Å². The van der Waals surface area contributed by atoms with E-state index in [1.807, 2.05) is 28.8 Å². The third-order valence-corrected chi connectivity index (χ3v) is 2.39. The monoisotopic (exact) mass is 221 g/mol.